The van der Waals surface area contributed by atoms with E-state index in [1.54, 1.807) is 12.5 Å². The highest BCUT2D eigenvalue weighted by molar-refractivity contribution is 6.33. The molecule has 2 aliphatic rings. The van der Waals surface area contributed by atoms with Crippen molar-refractivity contribution in [1.82, 2.24) is 64.6 Å². The largest absolute Gasteiger partial charge is 0.368 e. The molecule has 8 heterocycles. The minimum atomic E-state index is 0.330. The summed E-state index contributed by atoms with van der Waals surface area (Å²) < 4.78 is 2.00. The van der Waals surface area contributed by atoms with Crippen molar-refractivity contribution >= 4 is 51.4 Å². The fraction of sp³-hybridized carbons (Fsp3) is 0.318. The predicted octanol–water partition coefficient (Wildman–Crippen LogP) is 3.97. The summed E-state index contributed by atoms with van der Waals surface area (Å²) in [4.78, 5) is 56.4. The van der Waals surface area contributed by atoms with Crippen molar-refractivity contribution in [2.45, 2.75) is 13.0 Å². The molecule has 2 aliphatic heterocycles. The number of aromatic amines is 2. The smallest absolute Gasteiger partial charge is 0.241 e. The van der Waals surface area contributed by atoms with Crippen LogP contribution in [0.15, 0.2) is 104 Å². The molecule has 0 unspecified atom stereocenters. The van der Waals surface area contributed by atoms with Crippen molar-refractivity contribution in [2.24, 2.45) is 5.73 Å². The van der Waals surface area contributed by atoms with E-state index >= 15 is 0 Å². The summed E-state index contributed by atoms with van der Waals surface area (Å²) in [7, 11) is 4.27. The molecule has 0 amide bonds. The lowest BCUT2D eigenvalue weighted by Gasteiger charge is -2.32. The van der Waals surface area contributed by atoms with Crippen LogP contribution in [0.25, 0.3) is 45.1 Å². The van der Waals surface area contributed by atoms with E-state index in [4.69, 9.17) is 37.3 Å². The number of imidazole rings is 2. The van der Waals surface area contributed by atoms with E-state index in [2.05, 4.69) is 73.9 Å². The predicted molar refractivity (Wildman–Crippen MR) is 246 cm³/mol. The molecule has 2 fully saturated rings. The number of likely N-dealkylation sites (N-methyl/N-ethyl adjacent to an activating group) is 2. The molecule has 10 rings (SSSR count). The zero-order valence-electron chi connectivity index (χ0n) is 35.5. The lowest BCUT2D eigenvalue weighted by atomic mass is 10.2. The number of H-pyrrole nitrogens is 2. The quantitative estimate of drug-likeness (QED) is 0.114. The van der Waals surface area contributed by atoms with E-state index in [1.807, 2.05) is 96.3 Å². The molecule has 324 valence electrons. The number of benzene rings is 2. The van der Waals surface area contributed by atoms with Gasteiger partial charge in [0.05, 0.1) is 18.7 Å². The maximum absolute atomic E-state index is 6.30. The van der Waals surface area contributed by atoms with Gasteiger partial charge in [-0.15, -0.1) is 0 Å². The van der Waals surface area contributed by atoms with Crippen LogP contribution >= 0.6 is 11.6 Å². The molecule has 0 aliphatic carbocycles. The Labute approximate surface area is 370 Å². The Morgan fingerprint density at radius 1 is 0.698 bits per heavy atom. The molecule has 63 heavy (non-hydrogen) atoms. The Hall–Kier alpha value is -6.73. The lowest BCUT2D eigenvalue weighted by Crippen LogP contribution is -2.44. The van der Waals surface area contributed by atoms with Gasteiger partial charge in [-0.1, -0.05) is 72.3 Å². The zero-order chi connectivity index (χ0) is 43.4. The summed E-state index contributed by atoms with van der Waals surface area (Å²) in [6, 6.07) is 19.7. The third kappa shape index (κ3) is 11.2. The minimum Gasteiger partial charge on any atom is -0.368 e. The number of fused-ring (bicyclic) bond motifs is 2. The number of nitrogens with two attached hydrogens (primary N) is 1. The molecule has 5 N–H and O–H groups in total. The van der Waals surface area contributed by atoms with E-state index < -0.39 is 0 Å². The van der Waals surface area contributed by atoms with Gasteiger partial charge in [0.2, 0.25) is 6.33 Å². The number of halogens is 1. The van der Waals surface area contributed by atoms with Crippen LogP contribution < -0.4 is 25.4 Å². The Bertz CT molecular complexity index is 2630. The average Bonchev–Trinajstić information content (AvgIpc) is 4.06. The molecule has 0 bridgehead atoms. The first kappa shape index (κ1) is 42.9. The van der Waals surface area contributed by atoms with E-state index in [0.717, 1.165) is 93.8 Å². The van der Waals surface area contributed by atoms with Gasteiger partial charge in [0, 0.05) is 94.9 Å². The number of hydrogen-bond donors (Lipinski definition) is 4. The molecule has 0 spiro atoms. The van der Waals surface area contributed by atoms with Gasteiger partial charge < -0.3 is 35.6 Å². The minimum absolute atomic E-state index is 0.330. The first-order valence-electron chi connectivity index (χ1n) is 21.1. The molecule has 18 nitrogen and oxygen atoms in total. The van der Waals surface area contributed by atoms with Crippen molar-refractivity contribution in [3.05, 3.63) is 115 Å². The number of hydrogen-bond acceptors (Lipinski definition) is 15. The molecule has 0 saturated carbocycles. The van der Waals surface area contributed by atoms with Crippen LogP contribution in [-0.4, -0.2) is 144 Å². The zero-order valence-corrected chi connectivity index (χ0v) is 36.3. The van der Waals surface area contributed by atoms with Crippen molar-refractivity contribution in [2.75, 3.05) is 94.7 Å². The third-order valence-corrected chi connectivity index (χ3v) is 11.0. The highest BCUT2D eigenvalue weighted by Crippen LogP contribution is 2.26. The van der Waals surface area contributed by atoms with Crippen molar-refractivity contribution < 1.29 is 4.57 Å². The van der Waals surface area contributed by atoms with Crippen LogP contribution in [-0.2, 0) is 13.0 Å². The Morgan fingerprint density at radius 2 is 1.27 bits per heavy atom. The van der Waals surface area contributed by atoms with Gasteiger partial charge >= 0.3 is 0 Å². The topological polar surface area (TPSA) is 202 Å². The number of nitrogens with one attached hydrogen (secondary N) is 3. The monoisotopic (exact) mass is 867 g/mol. The number of piperazine rings is 2. The summed E-state index contributed by atoms with van der Waals surface area (Å²) in [5, 5.41) is 3.75. The molecule has 8 aromatic rings. The van der Waals surface area contributed by atoms with Gasteiger partial charge in [0.15, 0.2) is 39.4 Å². The first-order valence-corrected chi connectivity index (χ1v) is 21.4. The molecule has 2 saturated heterocycles. The molecular formula is C44H52ClN18+. The molecular weight excluding hydrogens is 816 g/mol. The Balaban J connectivity index is 0.000000150. The van der Waals surface area contributed by atoms with E-state index in [0.29, 0.717) is 58.0 Å². The SMILES string of the molecule is CN1CCN(c2cnc3c(Cl)nc(-c4ccccc4)nc3n2)CC1.CN1CCN(c2cnc3c(NCCc4cnc[nH]4)nc(-c4ccccc4)nc3n2)CC1.NCC[n+]1cc[nH]c1. The van der Waals surface area contributed by atoms with Crippen LogP contribution in [0.2, 0.25) is 5.15 Å². The number of nitrogens with zero attached hydrogens (tertiary/aromatic N) is 14. The summed E-state index contributed by atoms with van der Waals surface area (Å²) in [6.45, 7) is 10.1. The van der Waals surface area contributed by atoms with Gasteiger partial charge in [-0.25, -0.2) is 49.4 Å². The number of anilines is 3. The van der Waals surface area contributed by atoms with Gasteiger partial charge in [-0.2, -0.15) is 0 Å². The second-order valence-corrected chi connectivity index (χ2v) is 15.6. The molecule has 0 radical (unpaired) electrons. The second-order valence-electron chi connectivity index (χ2n) is 15.2. The van der Waals surface area contributed by atoms with E-state index in [-0.39, 0.29) is 0 Å². The lowest BCUT2D eigenvalue weighted by molar-refractivity contribution is -0.693. The van der Waals surface area contributed by atoms with Crippen LogP contribution in [0.4, 0.5) is 17.5 Å². The van der Waals surface area contributed by atoms with Crippen molar-refractivity contribution in [3.63, 3.8) is 0 Å². The van der Waals surface area contributed by atoms with Crippen LogP contribution in [0.1, 0.15) is 5.69 Å². The Kier molecular flexibility index (Phi) is 14.2. The molecule has 0 atom stereocenters. The molecule has 19 heteroatoms. The maximum Gasteiger partial charge on any atom is 0.241 e. The van der Waals surface area contributed by atoms with Gasteiger partial charge in [0.1, 0.15) is 36.1 Å². The summed E-state index contributed by atoms with van der Waals surface area (Å²) >= 11 is 6.30. The highest BCUT2D eigenvalue weighted by atomic mass is 35.5. The maximum atomic E-state index is 6.30. The van der Waals surface area contributed by atoms with Crippen LogP contribution in [0, 0.1) is 0 Å². The Morgan fingerprint density at radius 3 is 1.81 bits per heavy atom. The average molecular weight is 868 g/mol. The number of rotatable bonds is 10. The van der Waals surface area contributed by atoms with E-state index in [1.165, 1.54) is 0 Å². The standard InChI is InChI=1S/C22H25N9.C17H17ClN6.C5H9N3/c1-30-9-11-31(12-10-30)18-14-25-19-21(24-8-7-17-13-23-15-26-17)28-20(29-22(19)27-18)16-5-3-2-4-6-16;1-23-7-9-24(10-8-23)13-11-19-14-15(18)21-16(22-17(14)20-13)12-5-3-2-4-6-12;6-1-3-8-4-2-7-5-8/h2-6,13-15H,7-12H2,1H3,(H,23,26)(H,24,27,28,29);2-6,11H,7-10H2,1H3;2,4-5H,1,3,6H2/p+1. The van der Waals surface area contributed by atoms with Crippen molar-refractivity contribution in [3.8, 4) is 22.8 Å². The van der Waals surface area contributed by atoms with Crippen molar-refractivity contribution in [1.29, 1.82) is 0 Å². The van der Waals surface area contributed by atoms with Crippen LogP contribution in [0.5, 0.6) is 0 Å². The van der Waals surface area contributed by atoms with Gasteiger partial charge in [-0.05, 0) is 14.1 Å². The van der Waals surface area contributed by atoms with Gasteiger partial charge in [-0.3, -0.25) is 4.98 Å². The fourth-order valence-electron chi connectivity index (χ4n) is 7.04. The van der Waals surface area contributed by atoms with E-state index in [9.17, 15) is 0 Å². The summed E-state index contributed by atoms with van der Waals surface area (Å²) in [5.41, 5.74) is 10.6. The first-order chi connectivity index (χ1) is 30.9. The molecule has 2 aromatic carbocycles. The van der Waals surface area contributed by atoms with Gasteiger partial charge in [0.25, 0.3) is 0 Å². The fourth-order valence-corrected chi connectivity index (χ4v) is 7.26. The normalized spacial score (nSPS) is 14.5. The molecule has 6 aromatic heterocycles. The summed E-state index contributed by atoms with van der Waals surface area (Å²) in [5.74, 6) is 3.60. The number of aromatic nitrogens is 12. The van der Waals surface area contributed by atoms with Crippen LogP contribution in [0.3, 0.4) is 0 Å². The second kappa shape index (κ2) is 20.9. The third-order valence-electron chi connectivity index (χ3n) is 10.7. The summed E-state index contributed by atoms with van der Waals surface area (Å²) in [6.07, 6.45) is 13.6. The highest BCUT2D eigenvalue weighted by Gasteiger charge is 2.20.